The second-order valence-corrected chi connectivity index (χ2v) is 9.81. The molecule has 41 heavy (non-hydrogen) atoms. The molecule has 1 unspecified atom stereocenters. The Morgan fingerprint density at radius 2 is 1.73 bits per heavy atom. The number of ketones is 1. The summed E-state index contributed by atoms with van der Waals surface area (Å²) in [5.74, 6) is -5.74. The molecule has 218 valence electrons. The summed E-state index contributed by atoms with van der Waals surface area (Å²) >= 11 is 1.21. The molecule has 1 heterocycles. The SMILES string of the molecule is CCCC(=O)Nc1c(-c2cnc[nH]2)ccc(C(=O)C(N)(CCSC)C(=O)OOC(=O)C(F)(F)F)c1-c1ccccc1. The van der Waals surface area contributed by atoms with Crippen LogP contribution in [-0.2, 0) is 24.2 Å². The molecule has 1 amide bonds. The number of H-pyrrole nitrogens is 1. The average Bonchev–Trinajstić information content (AvgIpc) is 3.48. The monoisotopic (exact) mass is 592 g/mol. The fourth-order valence-corrected chi connectivity index (χ4v) is 4.42. The summed E-state index contributed by atoms with van der Waals surface area (Å²) in [6.07, 6.45) is -0.512. The van der Waals surface area contributed by atoms with Crippen LogP contribution in [0.15, 0.2) is 55.0 Å². The number of anilines is 1. The molecule has 0 fully saturated rings. The second kappa shape index (κ2) is 13.5. The van der Waals surface area contributed by atoms with Crippen LogP contribution in [0.5, 0.6) is 0 Å². The number of hydrogen-bond donors (Lipinski definition) is 3. The van der Waals surface area contributed by atoms with Crippen LogP contribution in [0.1, 0.15) is 36.5 Å². The molecule has 1 atom stereocenters. The van der Waals surface area contributed by atoms with E-state index in [2.05, 4.69) is 25.1 Å². The summed E-state index contributed by atoms with van der Waals surface area (Å²) in [5.41, 5.74) is 5.43. The van der Waals surface area contributed by atoms with Crippen LogP contribution >= 0.6 is 11.8 Å². The number of nitrogens with two attached hydrogens (primary N) is 1. The normalized spacial score (nSPS) is 12.7. The van der Waals surface area contributed by atoms with Gasteiger partial charge in [-0.05, 0) is 42.5 Å². The number of carbonyl (C=O) groups excluding carboxylic acids is 4. The molecular formula is C27H27F3N4O6S. The van der Waals surface area contributed by atoms with Crippen LogP contribution in [0.25, 0.3) is 22.4 Å². The van der Waals surface area contributed by atoms with Crippen molar-refractivity contribution in [2.24, 2.45) is 5.73 Å². The molecule has 1 aromatic heterocycles. The molecule has 0 aliphatic heterocycles. The minimum Gasteiger partial charge on any atom is -0.345 e. The number of benzene rings is 2. The minimum absolute atomic E-state index is 0.123. The van der Waals surface area contributed by atoms with E-state index >= 15 is 0 Å². The number of hydrogen-bond acceptors (Lipinski definition) is 9. The number of nitrogens with zero attached hydrogens (tertiary/aromatic N) is 1. The van der Waals surface area contributed by atoms with E-state index in [1.54, 1.807) is 36.6 Å². The Bertz CT molecular complexity index is 1400. The highest BCUT2D eigenvalue weighted by Crippen LogP contribution is 2.41. The lowest BCUT2D eigenvalue weighted by molar-refractivity contribution is -0.287. The molecule has 10 nitrogen and oxygen atoms in total. The zero-order valence-electron chi connectivity index (χ0n) is 22.0. The van der Waals surface area contributed by atoms with E-state index in [-0.39, 0.29) is 41.3 Å². The van der Waals surface area contributed by atoms with Crippen molar-refractivity contribution in [3.63, 3.8) is 0 Å². The van der Waals surface area contributed by atoms with Gasteiger partial charge in [-0.25, -0.2) is 24.3 Å². The van der Waals surface area contributed by atoms with Gasteiger partial charge in [0.1, 0.15) is 0 Å². The Hall–Kier alpha value is -4.17. The van der Waals surface area contributed by atoms with Crippen molar-refractivity contribution in [1.82, 2.24) is 9.97 Å². The maximum absolute atomic E-state index is 14.1. The number of Topliss-reactive ketones (excluding diaryl/α,β-unsaturated/α-hetero) is 1. The van der Waals surface area contributed by atoms with Crippen molar-refractivity contribution in [1.29, 1.82) is 0 Å². The predicted octanol–water partition coefficient (Wildman–Crippen LogP) is 4.68. The highest BCUT2D eigenvalue weighted by atomic mass is 32.2. The summed E-state index contributed by atoms with van der Waals surface area (Å²) in [6.45, 7) is 1.82. The average molecular weight is 593 g/mol. The molecule has 0 radical (unpaired) electrons. The van der Waals surface area contributed by atoms with Crippen LogP contribution in [0, 0.1) is 0 Å². The number of aromatic nitrogens is 2. The van der Waals surface area contributed by atoms with Gasteiger partial charge in [-0.15, -0.1) is 0 Å². The van der Waals surface area contributed by atoms with Gasteiger partial charge in [0.25, 0.3) is 0 Å². The quantitative estimate of drug-likeness (QED) is 0.125. The van der Waals surface area contributed by atoms with Crippen LogP contribution in [0.3, 0.4) is 0 Å². The van der Waals surface area contributed by atoms with Crippen LogP contribution in [-0.4, -0.2) is 57.3 Å². The molecule has 14 heteroatoms. The van der Waals surface area contributed by atoms with E-state index < -0.39 is 29.4 Å². The molecule has 3 aromatic rings. The van der Waals surface area contributed by atoms with Crippen molar-refractivity contribution in [3.05, 3.63) is 60.6 Å². The van der Waals surface area contributed by atoms with Crippen molar-refractivity contribution in [2.45, 2.75) is 37.9 Å². The number of nitrogens with one attached hydrogen (secondary N) is 2. The molecule has 2 aromatic carbocycles. The van der Waals surface area contributed by atoms with E-state index in [1.807, 2.05) is 6.92 Å². The molecular weight excluding hydrogens is 565 g/mol. The molecule has 4 N–H and O–H groups in total. The first-order valence-corrected chi connectivity index (χ1v) is 13.7. The van der Waals surface area contributed by atoms with Gasteiger partial charge in [0, 0.05) is 23.1 Å². The standard InChI is InChI=1S/C27H27F3N4O6S/c1-3-7-20(35)34-22-17(19-14-32-15-33-19)10-11-18(21(22)16-8-5-4-6-9-16)23(36)26(31,12-13-41-2)24(37)39-40-25(38)27(28,29)30/h4-6,8-11,14-15H,3,7,12-13,31H2,1-2H3,(H,32,33)(H,34,35). The van der Waals surface area contributed by atoms with Crippen LogP contribution < -0.4 is 11.1 Å². The van der Waals surface area contributed by atoms with Gasteiger partial charge < -0.3 is 16.0 Å². The minimum atomic E-state index is -5.45. The molecule has 0 aliphatic rings. The Kier molecular flexibility index (Phi) is 10.3. The van der Waals surface area contributed by atoms with E-state index in [1.165, 1.54) is 36.4 Å². The van der Waals surface area contributed by atoms with Crippen molar-refractivity contribution in [2.75, 3.05) is 17.3 Å². The topological polar surface area (TPSA) is 153 Å². The zero-order valence-corrected chi connectivity index (χ0v) is 22.9. The molecule has 0 spiro atoms. The Morgan fingerprint density at radius 3 is 2.32 bits per heavy atom. The van der Waals surface area contributed by atoms with Gasteiger partial charge >= 0.3 is 18.1 Å². The summed E-state index contributed by atoms with van der Waals surface area (Å²) < 4.78 is 37.8. The predicted molar refractivity (Wildman–Crippen MR) is 145 cm³/mol. The van der Waals surface area contributed by atoms with Crippen LogP contribution in [0.4, 0.5) is 18.9 Å². The third-order valence-corrected chi connectivity index (χ3v) is 6.55. The third-order valence-electron chi connectivity index (χ3n) is 5.94. The maximum Gasteiger partial charge on any atom is 0.495 e. The smallest absolute Gasteiger partial charge is 0.345 e. The Morgan fingerprint density at radius 1 is 1.05 bits per heavy atom. The molecule has 0 saturated heterocycles. The highest BCUT2D eigenvalue weighted by molar-refractivity contribution is 7.98. The number of alkyl halides is 3. The number of thioether (sulfide) groups is 1. The first-order chi connectivity index (χ1) is 19.4. The summed E-state index contributed by atoms with van der Waals surface area (Å²) in [4.78, 5) is 65.8. The van der Waals surface area contributed by atoms with Gasteiger partial charge in [-0.3, -0.25) is 9.59 Å². The van der Waals surface area contributed by atoms with Gasteiger partial charge in [0.15, 0.2) is 11.3 Å². The van der Waals surface area contributed by atoms with Crippen LogP contribution in [0.2, 0.25) is 0 Å². The van der Waals surface area contributed by atoms with Gasteiger partial charge in [0.05, 0.1) is 23.9 Å². The van der Waals surface area contributed by atoms with E-state index in [4.69, 9.17) is 5.73 Å². The van der Waals surface area contributed by atoms with Gasteiger partial charge in [0.2, 0.25) is 5.91 Å². The molecule has 0 saturated carbocycles. The summed E-state index contributed by atoms with van der Waals surface area (Å²) in [5, 5.41) is 2.85. The second-order valence-electron chi connectivity index (χ2n) is 8.82. The lowest BCUT2D eigenvalue weighted by Gasteiger charge is -2.27. The van der Waals surface area contributed by atoms with Gasteiger partial charge in [-0.1, -0.05) is 37.3 Å². The summed E-state index contributed by atoms with van der Waals surface area (Å²) in [6, 6.07) is 11.3. The lowest BCUT2D eigenvalue weighted by atomic mass is 9.82. The fraction of sp³-hybridized carbons (Fsp3) is 0.296. The summed E-state index contributed by atoms with van der Waals surface area (Å²) in [7, 11) is 0. The number of amides is 1. The maximum atomic E-state index is 14.1. The van der Waals surface area contributed by atoms with E-state index in [0.717, 1.165) is 0 Å². The first-order valence-electron chi connectivity index (χ1n) is 12.3. The lowest BCUT2D eigenvalue weighted by Crippen LogP contribution is -2.56. The zero-order chi connectivity index (χ0) is 30.2. The number of aromatic amines is 1. The number of carbonyl (C=O) groups is 4. The van der Waals surface area contributed by atoms with E-state index in [9.17, 15) is 32.3 Å². The van der Waals surface area contributed by atoms with Crippen molar-refractivity contribution in [3.8, 4) is 22.4 Å². The van der Waals surface area contributed by atoms with Gasteiger partial charge in [-0.2, -0.15) is 24.9 Å². The number of imidazole rings is 1. The van der Waals surface area contributed by atoms with Crippen molar-refractivity contribution < 1.29 is 42.1 Å². The Balaban J connectivity index is 2.22. The number of halogens is 3. The molecule has 0 bridgehead atoms. The fourth-order valence-electron chi connectivity index (χ4n) is 3.89. The van der Waals surface area contributed by atoms with E-state index in [0.29, 0.717) is 23.2 Å². The first kappa shape index (κ1) is 31.4. The van der Waals surface area contributed by atoms with Crippen molar-refractivity contribution >= 4 is 41.1 Å². The number of rotatable bonds is 11. The Labute approximate surface area is 237 Å². The third kappa shape index (κ3) is 7.32. The molecule has 3 rings (SSSR count). The highest BCUT2D eigenvalue weighted by Gasteiger charge is 2.48. The largest absolute Gasteiger partial charge is 0.495 e. The molecule has 0 aliphatic carbocycles.